The van der Waals surface area contributed by atoms with E-state index >= 15 is 9.13 Å². The van der Waals surface area contributed by atoms with Gasteiger partial charge in [0.1, 0.15) is 7.14 Å². The summed E-state index contributed by atoms with van der Waals surface area (Å²) in [5, 5.41) is 4.36. The molecule has 0 bridgehead atoms. The van der Waals surface area contributed by atoms with Crippen molar-refractivity contribution in [2.24, 2.45) is 0 Å². The molecule has 42 heavy (non-hydrogen) atoms. The number of rotatable bonds is 9. The molecule has 0 fully saturated rings. The Morgan fingerprint density at radius 2 is 0.881 bits per heavy atom. The van der Waals surface area contributed by atoms with Gasteiger partial charge in [-0.25, -0.2) is 0 Å². The molecule has 1 atom stereocenters. The number of hydrogen-bond donors (Lipinski definition) is 0. The van der Waals surface area contributed by atoms with Crippen LogP contribution in [0.5, 0.6) is 0 Å². The topological polar surface area (TPSA) is 51.2 Å². The summed E-state index contributed by atoms with van der Waals surface area (Å²) in [6.07, 6.45) is -0.0756. The molecule has 3 nitrogen and oxygen atoms in total. The van der Waals surface area contributed by atoms with Crippen LogP contribution in [-0.4, -0.2) is 17.6 Å². The molecular weight excluding hydrogens is 554 g/mol. The van der Waals surface area contributed by atoms with E-state index in [1.165, 1.54) is 0 Å². The highest BCUT2D eigenvalue weighted by Crippen LogP contribution is 2.56. The molecule has 0 heterocycles. The number of fused-ring (bicyclic) bond motifs is 1. The van der Waals surface area contributed by atoms with Crippen molar-refractivity contribution in [1.29, 1.82) is 0 Å². The molecule has 0 aliphatic carbocycles. The molecule has 206 valence electrons. The first kappa shape index (κ1) is 27.9. The molecule has 5 heteroatoms. The molecule has 0 saturated heterocycles. The van der Waals surface area contributed by atoms with Crippen LogP contribution in [0.1, 0.15) is 10.4 Å². The molecule has 0 aromatic heterocycles. The van der Waals surface area contributed by atoms with Crippen molar-refractivity contribution < 1.29 is 13.9 Å². The van der Waals surface area contributed by atoms with Crippen molar-refractivity contribution in [3.63, 3.8) is 0 Å². The second-order valence-corrected chi connectivity index (χ2v) is 16.2. The Hall–Kier alpha value is -4.29. The van der Waals surface area contributed by atoms with E-state index in [4.69, 9.17) is 0 Å². The Bertz CT molecular complexity index is 1840. The SMILES string of the molecule is O=C(c1ccc2ccccc2c1)C(CP(=O)(c1ccccc1)c1ccccc1)P(=O)(c1ccccc1)c1ccccc1. The molecular formula is C37H30O3P2. The van der Waals surface area contributed by atoms with E-state index in [2.05, 4.69) is 0 Å². The van der Waals surface area contributed by atoms with Crippen molar-refractivity contribution in [1.82, 2.24) is 0 Å². The molecule has 6 aromatic rings. The fraction of sp³-hybridized carbons (Fsp3) is 0.0541. The third-order valence-corrected chi connectivity index (χ3v) is 14.7. The molecule has 6 aromatic carbocycles. The number of ketones is 1. The summed E-state index contributed by atoms with van der Waals surface area (Å²) >= 11 is 0. The van der Waals surface area contributed by atoms with Crippen LogP contribution in [-0.2, 0) is 9.13 Å². The van der Waals surface area contributed by atoms with Gasteiger partial charge in [0.05, 0.1) is 5.66 Å². The quantitative estimate of drug-likeness (QED) is 0.131. The lowest BCUT2D eigenvalue weighted by molar-refractivity contribution is 0.0992. The van der Waals surface area contributed by atoms with Crippen LogP contribution in [0.3, 0.4) is 0 Å². The molecule has 0 amide bonds. The van der Waals surface area contributed by atoms with Crippen LogP contribution in [0, 0.1) is 0 Å². The summed E-state index contributed by atoms with van der Waals surface area (Å²) in [5.74, 6) is -0.274. The average molecular weight is 585 g/mol. The number of carbonyl (C=O) groups excluding carboxylic acids is 1. The van der Waals surface area contributed by atoms with Crippen molar-refractivity contribution in [2.75, 3.05) is 6.16 Å². The summed E-state index contributed by atoms with van der Waals surface area (Å²) in [7, 11) is -7.11. The van der Waals surface area contributed by atoms with Crippen molar-refractivity contribution in [3.05, 3.63) is 169 Å². The van der Waals surface area contributed by atoms with Gasteiger partial charge in [-0.05, 0) is 16.8 Å². The molecule has 0 N–H and O–H groups in total. The van der Waals surface area contributed by atoms with Crippen LogP contribution in [0.4, 0.5) is 0 Å². The minimum Gasteiger partial charge on any atom is -0.314 e. The Morgan fingerprint density at radius 3 is 1.36 bits per heavy atom. The zero-order valence-corrected chi connectivity index (χ0v) is 24.8. The number of Topliss-reactive ketones (excluding diaryl/α,β-unsaturated/α-hetero) is 1. The summed E-state index contributed by atoms with van der Waals surface area (Å²) in [5.41, 5.74) is -0.617. The Morgan fingerprint density at radius 1 is 0.476 bits per heavy atom. The van der Waals surface area contributed by atoms with Gasteiger partial charge in [-0.2, -0.15) is 0 Å². The Labute approximate surface area is 246 Å². The first-order valence-electron chi connectivity index (χ1n) is 13.9. The van der Waals surface area contributed by atoms with Gasteiger partial charge in [0.25, 0.3) is 0 Å². The second kappa shape index (κ2) is 11.9. The van der Waals surface area contributed by atoms with E-state index in [1.807, 2.05) is 158 Å². The van der Waals surface area contributed by atoms with E-state index in [0.29, 0.717) is 26.8 Å². The third kappa shape index (κ3) is 5.23. The third-order valence-electron chi connectivity index (χ3n) is 7.83. The van der Waals surface area contributed by atoms with Gasteiger partial charge in [0.15, 0.2) is 12.9 Å². The molecule has 0 spiro atoms. The molecule has 0 saturated carbocycles. The van der Waals surface area contributed by atoms with Crippen LogP contribution in [0.2, 0.25) is 0 Å². The number of hydrogen-bond acceptors (Lipinski definition) is 3. The number of carbonyl (C=O) groups is 1. The van der Waals surface area contributed by atoms with E-state index < -0.39 is 19.9 Å². The van der Waals surface area contributed by atoms with E-state index in [1.54, 1.807) is 6.07 Å². The van der Waals surface area contributed by atoms with Gasteiger partial charge >= 0.3 is 0 Å². The van der Waals surface area contributed by atoms with Gasteiger partial charge < -0.3 is 9.13 Å². The number of benzene rings is 6. The van der Waals surface area contributed by atoms with Gasteiger partial charge in [-0.15, -0.1) is 0 Å². The van der Waals surface area contributed by atoms with E-state index in [0.717, 1.165) is 10.8 Å². The highest BCUT2D eigenvalue weighted by molar-refractivity contribution is 7.83. The van der Waals surface area contributed by atoms with Crippen molar-refractivity contribution in [2.45, 2.75) is 5.66 Å². The molecule has 0 aliphatic rings. The van der Waals surface area contributed by atoms with Gasteiger partial charge in [-0.3, -0.25) is 4.79 Å². The first-order valence-corrected chi connectivity index (χ1v) is 17.6. The van der Waals surface area contributed by atoms with Crippen LogP contribution in [0.25, 0.3) is 10.8 Å². The second-order valence-electron chi connectivity index (χ2n) is 10.4. The predicted molar refractivity (Wildman–Crippen MR) is 176 cm³/mol. The van der Waals surface area contributed by atoms with Crippen molar-refractivity contribution in [3.8, 4) is 0 Å². The molecule has 6 rings (SSSR count). The maximum Gasteiger partial charge on any atom is 0.174 e. The average Bonchev–Trinajstić information content (AvgIpc) is 3.08. The highest BCUT2D eigenvalue weighted by Gasteiger charge is 2.46. The summed E-state index contributed by atoms with van der Waals surface area (Å²) in [4.78, 5) is 14.8. The predicted octanol–water partition coefficient (Wildman–Crippen LogP) is 7.42. The fourth-order valence-electron chi connectivity index (χ4n) is 5.65. The van der Waals surface area contributed by atoms with Crippen LogP contribution in [0.15, 0.2) is 164 Å². The maximum absolute atomic E-state index is 15.8. The normalized spacial score (nSPS) is 12.6. The highest BCUT2D eigenvalue weighted by atomic mass is 31.2. The summed E-state index contributed by atoms with van der Waals surface area (Å²) in [6, 6.07) is 50.5. The minimum absolute atomic E-state index is 0.0756. The molecule has 0 radical (unpaired) electrons. The molecule has 1 unspecified atom stereocenters. The largest absolute Gasteiger partial charge is 0.314 e. The fourth-order valence-corrected chi connectivity index (χ4v) is 12.7. The standard InChI is InChI=1S/C37H30O3P2/c38-37(31-26-25-29-15-13-14-16-30(29)27-31)36(42(40,34-21-9-3-10-22-34)35-23-11-4-12-24-35)28-41(39,32-17-5-1-6-18-32)33-19-7-2-8-20-33/h1-27,36H,28H2. The van der Waals surface area contributed by atoms with E-state index in [-0.39, 0.29) is 11.9 Å². The molecule has 0 aliphatic heterocycles. The first-order chi connectivity index (χ1) is 20.5. The van der Waals surface area contributed by atoms with Gasteiger partial charge in [-0.1, -0.05) is 158 Å². The Kier molecular flexibility index (Phi) is 7.90. The van der Waals surface area contributed by atoms with E-state index in [9.17, 15) is 4.79 Å². The minimum atomic E-state index is -3.68. The monoisotopic (exact) mass is 584 g/mol. The van der Waals surface area contributed by atoms with Crippen LogP contribution < -0.4 is 21.2 Å². The van der Waals surface area contributed by atoms with Gasteiger partial charge in [0, 0.05) is 32.9 Å². The summed E-state index contributed by atoms with van der Waals surface area (Å²) < 4.78 is 31.2. The lowest BCUT2D eigenvalue weighted by atomic mass is 10.0. The Balaban J connectivity index is 1.61. The van der Waals surface area contributed by atoms with Crippen LogP contribution >= 0.6 is 14.3 Å². The maximum atomic E-state index is 15.8. The van der Waals surface area contributed by atoms with Crippen molar-refractivity contribution >= 4 is 52.1 Å². The smallest absolute Gasteiger partial charge is 0.174 e. The lowest BCUT2D eigenvalue weighted by Crippen LogP contribution is -2.37. The van der Waals surface area contributed by atoms with Gasteiger partial charge in [0.2, 0.25) is 0 Å². The zero-order chi connectivity index (χ0) is 29.0. The summed E-state index contributed by atoms with van der Waals surface area (Å²) in [6.45, 7) is 0. The lowest BCUT2D eigenvalue weighted by Gasteiger charge is -2.31. The zero-order valence-electron chi connectivity index (χ0n) is 23.0.